The lowest BCUT2D eigenvalue weighted by molar-refractivity contribution is -0.0583. The first kappa shape index (κ1) is 17.6. The van der Waals surface area contributed by atoms with Gasteiger partial charge in [0, 0.05) is 13.1 Å². The van der Waals surface area contributed by atoms with Gasteiger partial charge in [-0.2, -0.15) is 0 Å². The SMILES string of the molecule is OC[C@H]1O[C@@H](n2c(C3CNCCO3)nc3c(CF)ncnc32)[C@H](O)[C@@H]1O. The molecule has 0 aliphatic carbocycles. The largest absolute Gasteiger partial charge is 0.394 e. The zero-order valence-electron chi connectivity index (χ0n) is 13.8. The average Bonchev–Trinajstić information content (AvgIpc) is 3.20. The molecule has 2 aliphatic heterocycles. The van der Waals surface area contributed by atoms with E-state index in [2.05, 4.69) is 20.3 Å². The molecule has 26 heavy (non-hydrogen) atoms. The Bertz CT molecular complexity index is 783. The first-order chi connectivity index (χ1) is 12.7. The van der Waals surface area contributed by atoms with Crippen molar-refractivity contribution >= 4 is 11.2 Å². The summed E-state index contributed by atoms with van der Waals surface area (Å²) < 4.78 is 26.2. The maximum Gasteiger partial charge on any atom is 0.166 e. The predicted molar refractivity (Wildman–Crippen MR) is 84.7 cm³/mol. The summed E-state index contributed by atoms with van der Waals surface area (Å²) in [5, 5.41) is 33.1. The third kappa shape index (κ3) is 2.76. The molecule has 4 rings (SSSR count). The van der Waals surface area contributed by atoms with Crippen molar-refractivity contribution in [2.75, 3.05) is 26.3 Å². The number of halogens is 1. The van der Waals surface area contributed by atoms with E-state index in [1.54, 1.807) is 0 Å². The lowest BCUT2D eigenvalue weighted by Crippen LogP contribution is -2.36. The number of nitrogens with zero attached hydrogens (tertiary/aromatic N) is 4. The fourth-order valence-corrected chi connectivity index (χ4v) is 3.37. The average molecular weight is 369 g/mol. The highest BCUT2D eigenvalue weighted by atomic mass is 19.1. The van der Waals surface area contributed by atoms with Crippen LogP contribution in [0.3, 0.4) is 0 Å². The third-order valence-electron chi connectivity index (χ3n) is 4.69. The van der Waals surface area contributed by atoms with Crippen molar-refractivity contribution < 1.29 is 29.2 Å². The summed E-state index contributed by atoms with van der Waals surface area (Å²) in [4.78, 5) is 12.5. The Morgan fingerprint density at radius 3 is 2.81 bits per heavy atom. The summed E-state index contributed by atoms with van der Waals surface area (Å²) in [5.41, 5.74) is 0.633. The number of alkyl halides is 1. The molecule has 0 aromatic carbocycles. The normalized spacial score (nSPS) is 32.4. The van der Waals surface area contributed by atoms with Gasteiger partial charge in [0.15, 0.2) is 11.9 Å². The number of rotatable bonds is 4. The number of nitrogens with one attached hydrogen (secondary N) is 1. The van der Waals surface area contributed by atoms with Crippen LogP contribution < -0.4 is 5.32 Å². The van der Waals surface area contributed by atoms with Crippen LogP contribution in [0.5, 0.6) is 0 Å². The number of hydrogen-bond donors (Lipinski definition) is 4. The molecule has 0 bridgehead atoms. The van der Waals surface area contributed by atoms with E-state index < -0.39 is 43.9 Å². The lowest BCUT2D eigenvalue weighted by Gasteiger charge is -2.26. The molecule has 2 aliphatic rings. The summed E-state index contributed by atoms with van der Waals surface area (Å²) in [6, 6.07) is 0. The van der Waals surface area contributed by atoms with Gasteiger partial charge < -0.3 is 30.1 Å². The minimum Gasteiger partial charge on any atom is -0.394 e. The highest BCUT2D eigenvalue weighted by Crippen LogP contribution is 2.35. The summed E-state index contributed by atoms with van der Waals surface area (Å²) >= 11 is 0. The van der Waals surface area contributed by atoms with Crippen molar-refractivity contribution in [1.82, 2.24) is 24.8 Å². The van der Waals surface area contributed by atoms with Gasteiger partial charge in [-0.25, -0.2) is 19.3 Å². The number of morpholine rings is 1. The fraction of sp³-hybridized carbons (Fsp3) is 0.667. The highest BCUT2D eigenvalue weighted by Gasteiger charge is 2.45. The molecule has 5 atom stereocenters. The van der Waals surface area contributed by atoms with Gasteiger partial charge in [0.05, 0.1) is 13.2 Å². The number of aliphatic hydroxyl groups is 3. The molecule has 0 saturated carbocycles. The molecule has 0 spiro atoms. The maximum atomic E-state index is 13.3. The van der Waals surface area contributed by atoms with Gasteiger partial charge in [-0.05, 0) is 0 Å². The number of fused-ring (bicyclic) bond motifs is 1. The molecule has 142 valence electrons. The van der Waals surface area contributed by atoms with Crippen molar-refractivity contribution in [3.8, 4) is 0 Å². The van der Waals surface area contributed by atoms with Crippen LogP contribution in [0.4, 0.5) is 4.39 Å². The monoisotopic (exact) mass is 369 g/mol. The summed E-state index contributed by atoms with van der Waals surface area (Å²) in [7, 11) is 0. The Hall–Kier alpha value is -1.76. The van der Waals surface area contributed by atoms with Crippen LogP contribution in [0.15, 0.2) is 6.33 Å². The van der Waals surface area contributed by atoms with E-state index in [9.17, 15) is 19.7 Å². The molecular weight excluding hydrogens is 349 g/mol. The molecule has 2 saturated heterocycles. The second kappa shape index (κ2) is 7.10. The van der Waals surface area contributed by atoms with E-state index in [0.29, 0.717) is 25.5 Å². The topological polar surface area (TPSA) is 135 Å². The zero-order chi connectivity index (χ0) is 18.3. The molecule has 4 heterocycles. The van der Waals surface area contributed by atoms with Gasteiger partial charge in [0.25, 0.3) is 0 Å². The fourth-order valence-electron chi connectivity index (χ4n) is 3.37. The van der Waals surface area contributed by atoms with E-state index in [1.807, 2.05) is 0 Å². The maximum absolute atomic E-state index is 13.3. The molecule has 0 amide bonds. The van der Waals surface area contributed by atoms with E-state index in [-0.39, 0.29) is 16.9 Å². The summed E-state index contributed by atoms with van der Waals surface area (Å²) in [5.74, 6) is 0.386. The van der Waals surface area contributed by atoms with Crippen molar-refractivity contribution in [1.29, 1.82) is 0 Å². The van der Waals surface area contributed by atoms with Crippen LogP contribution in [-0.2, 0) is 16.1 Å². The molecule has 1 unspecified atom stereocenters. The first-order valence-electron chi connectivity index (χ1n) is 8.38. The Labute approximate surface area is 147 Å². The number of ether oxygens (including phenoxy) is 2. The molecule has 0 radical (unpaired) electrons. The Morgan fingerprint density at radius 2 is 2.15 bits per heavy atom. The predicted octanol–water partition coefficient (Wildman–Crippen LogP) is -1.43. The number of hydrogen-bond acceptors (Lipinski definition) is 9. The van der Waals surface area contributed by atoms with Crippen LogP contribution in [0.2, 0.25) is 0 Å². The lowest BCUT2D eigenvalue weighted by atomic mass is 10.1. The third-order valence-corrected chi connectivity index (χ3v) is 4.69. The van der Waals surface area contributed by atoms with Crippen molar-refractivity contribution in [2.24, 2.45) is 0 Å². The minimum absolute atomic E-state index is 0.116. The Morgan fingerprint density at radius 1 is 1.31 bits per heavy atom. The van der Waals surface area contributed by atoms with Crippen LogP contribution in [0, 0.1) is 0 Å². The van der Waals surface area contributed by atoms with Gasteiger partial charge in [-0.15, -0.1) is 0 Å². The van der Waals surface area contributed by atoms with E-state index in [4.69, 9.17) is 9.47 Å². The molecule has 11 heteroatoms. The molecular formula is C15H20FN5O5. The number of aromatic nitrogens is 4. The van der Waals surface area contributed by atoms with Crippen LogP contribution in [0.25, 0.3) is 11.2 Å². The molecule has 2 fully saturated rings. The Kier molecular flexibility index (Phi) is 4.82. The second-order valence-corrected chi connectivity index (χ2v) is 6.26. The molecule has 2 aromatic heterocycles. The van der Waals surface area contributed by atoms with E-state index >= 15 is 0 Å². The quantitative estimate of drug-likeness (QED) is 0.511. The van der Waals surface area contributed by atoms with Gasteiger partial charge in [-0.3, -0.25) is 4.57 Å². The standard InChI is InChI=1S/C15H20FN5O5/c16-3-7-10-14(19-6-18-7)21(13(20-10)8-4-17-1-2-25-8)15-12(24)11(23)9(5-22)26-15/h6,8-9,11-12,15,17,22-24H,1-5H2/t8?,9-,11-,12-,15-/m1/s1. The smallest absolute Gasteiger partial charge is 0.166 e. The second-order valence-electron chi connectivity index (χ2n) is 6.26. The van der Waals surface area contributed by atoms with Crippen LogP contribution >= 0.6 is 0 Å². The van der Waals surface area contributed by atoms with Gasteiger partial charge in [0.1, 0.15) is 54.5 Å². The summed E-state index contributed by atoms with van der Waals surface area (Å²) in [6.45, 7) is 0.347. The number of imidazole rings is 1. The summed E-state index contributed by atoms with van der Waals surface area (Å²) in [6.07, 6.45) is -3.85. The first-order valence-corrected chi connectivity index (χ1v) is 8.38. The van der Waals surface area contributed by atoms with Gasteiger partial charge >= 0.3 is 0 Å². The van der Waals surface area contributed by atoms with Crippen LogP contribution in [0.1, 0.15) is 23.9 Å². The Balaban J connectivity index is 1.86. The van der Waals surface area contributed by atoms with Crippen LogP contribution in [-0.4, -0.2) is 79.5 Å². The zero-order valence-corrected chi connectivity index (χ0v) is 13.8. The van der Waals surface area contributed by atoms with Crippen molar-refractivity contribution in [3.63, 3.8) is 0 Å². The molecule has 2 aromatic rings. The van der Waals surface area contributed by atoms with Gasteiger partial charge in [0.2, 0.25) is 0 Å². The number of aliphatic hydroxyl groups excluding tert-OH is 3. The molecule has 4 N–H and O–H groups in total. The highest BCUT2D eigenvalue weighted by molar-refractivity contribution is 5.74. The van der Waals surface area contributed by atoms with Gasteiger partial charge in [-0.1, -0.05) is 0 Å². The van der Waals surface area contributed by atoms with E-state index in [1.165, 1.54) is 10.9 Å². The van der Waals surface area contributed by atoms with Crippen molar-refractivity contribution in [2.45, 2.75) is 37.3 Å². The molecule has 10 nitrogen and oxygen atoms in total. The van der Waals surface area contributed by atoms with Crippen molar-refractivity contribution in [3.05, 3.63) is 17.8 Å². The van der Waals surface area contributed by atoms with E-state index in [0.717, 1.165) is 0 Å². The minimum atomic E-state index is -1.32.